The molecule has 0 fully saturated rings. The zero-order chi connectivity index (χ0) is 15.5. The first-order chi connectivity index (χ1) is 9.86. The summed E-state index contributed by atoms with van der Waals surface area (Å²) in [5, 5.41) is 3.09. The highest BCUT2D eigenvalue weighted by Crippen LogP contribution is 2.30. The fourth-order valence-corrected chi connectivity index (χ4v) is 2.05. The van der Waals surface area contributed by atoms with E-state index in [2.05, 4.69) is 5.32 Å². The Morgan fingerprint density at radius 1 is 1.05 bits per heavy atom. The highest BCUT2D eigenvalue weighted by molar-refractivity contribution is 5.27. The summed E-state index contributed by atoms with van der Waals surface area (Å²) in [5.74, 6) is -0.881. The van der Waals surface area contributed by atoms with E-state index in [4.69, 9.17) is 0 Å². The molecule has 0 aliphatic carbocycles. The maximum absolute atomic E-state index is 13.3. The maximum atomic E-state index is 13.3. The molecule has 2 rings (SSSR count). The van der Waals surface area contributed by atoms with Crippen molar-refractivity contribution in [2.24, 2.45) is 0 Å². The number of hydrogen-bond donors (Lipinski definition) is 1. The molecule has 0 aromatic heterocycles. The van der Waals surface area contributed by atoms with Gasteiger partial charge < -0.3 is 5.32 Å². The van der Waals surface area contributed by atoms with Gasteiger partial charge in [-0.05, 0) is 36.2 Å². The van der Waals surface area contributed by atoms with Crippen molar-refractivity contribution in [3.8, 4) is 0 Å². The molecule has 0 aliphatic rings. The quantitative estimate of drug-likeness (QED) is 0.807. The van der Waals surface area contributed by atoms with Gasteiger partial charge >= 0.3 is 6.18 Å². The maximum Gasteiger partial charge on any atom is 0.416 e. The molecule has 0 amide bonds. The Hall–Kier alpha value is -1.88. The second-order valence-electron chi connectivity index (χ2n) is 4.86. The van der Waals surface area contributed by atoms with Crippen LogP contribution in [-0.4, -0.2) is 0 Å². The van der Waals surface area contributed by atoms with E-state index in [1.165, 1.54) is 0 Å². The van der Waals surface area contributed by atoms with E-state index < -0.39 is 17.6 Å². The van der Waals surface area contributed by atoms with Crippen molar-refractivity contribution in [3.05, 3.63) is 71.0 Å². The second kappa shape index (κ2) is 6.26. The largest absolute Gasteiger partial charge is 0.416 e. The smallest absolute Gasteiger partial charge is 0.306 e. The molecule has 112 valence electrons. The van der Waals surface area contributed by atoms with Gasteiger partial charge in [-0.25, -0.2) is 4.39 Å². The molecule has 5 heteroatoms. The molecule has 0 saturated heterocycles. The number of hydrogen-bond acceptors (Lipinski definition) is 1. The number of rotatable bonds is 4. The summed E-state index contributed by atoms with van der Waals surface area (Å²) in [7, 11) is 0. The second-order valence-corrected chi connectivity index (χ2v) is 4.86. The Morgan fingerprint density at radius 2 is 1.71 bits per heavy atom. The van der Waals surface area contributed by atoms with Crippen molar-refractivity contribution in [2.45, 2.75) is 25.7 Å². The van der Waals surface area contributed by atoms with Crippen molar-refractivity contribution in [3.63, 3.8) is 0 Å². The van der Waals surface area contributed by atoms with Gasteiger partial charge in [-0.15, -0.1) is 0 Å². The first-order valence-electron chi connectivity index (χ1n) is 6.51. The van der Waals surface area contributed by atoms with Gasteiger partial charge in [0.05, 0.1) is 5.56 Å². The zero-order valence-electron chi connectivity index (χ0n) is 11.4. The van der Waals surface area contributed by atoms with E-state index in [9.17, 15) is 17.6 Å². The van der Waals surface area contributed by atoms with Crippen LogP contribution in [0.1, 0.15) is 29.7 Å². The number of nitrogens with one attached hydrogen (secondary N) is 1. The summed E-state index contributed by atoms with van der Waals surface area (Å²) in [6.07, 6.45) is -4.54. The van der Waals surface area contributed by atoms with Crippen LogP contribution in [0.5, 0.6) is 0 Å². The molecule has 0 bridgehead atoms. The lowest BCUT2D eigenvalue weighted by Gasteiger charge is -2.15. The fraction of sp³-hybridized carbons (Fsp3) is 0.250. The molecule has 2 aromatic carbocycles. The van der Waals surface area contributed by atoms with Crippen molar-refractivity contribution in [1.29, 1.82) is 0 Å². The third kappa shape index (κ3) is 4.29. The van der Waals surface area contributed by atoms with E-state index in [0.29, 0.717) is 6.07 Å². The van der Waals surface area contributed by atoms with Crippen LogP contribution >= 0.6 is 0 Å². The van der Waals surface area contributed by atoms with Gasteiger partial charge in [-0.2, -0.15) is 13.2 Å². The molecule has 1 atom stereocenters. The Kier molecular flexibility index (Phi) is 4.63. The molecule has 1 nitrogen and oxygen atoms in total. The predicted molar refractivity (Wildman–Crippen MR) is 73.1 cm³/mol. The lowest BCUT2D eigenvalue weighted by atomic mass is 10.1. The van der Waals surface area contributed by atoms with Crippen LogP contribution < -0.4 is 5.32 Å². The average Bonchev–Trinajstić information content (AvgIpc) is 2.44. The number of alkyl halides is 3. The minimum atomic E-state index is -4.54. The Labute approximate surface area is 120 Å². The highest BCUT2D eigenvalue weighted by atomic mass is 19.4. The lowest BCUT2D eigenvalue weighted by Crippen LogP contribution is -2.18. The van der Waals surface area contributed by atoms with Crippen LogP contribution in [-0.2, 0) is 12.7 Å². The van der Waals surface area contributed by atoms with Gasteiger partial charge in [0.25, 0.3) is 0 Å². The molecule has 0 saturated carbocycles. The number of halogens is 4. The molecule has 0 radical (unpaired) electrons. The van der Waals surface area contributed by atoms with Crippen LogP contribution in [0.3, 0.4) is 0 Å². The summed E-state index contributed by atoms with van der Waals surface area (Å²) in [5.41, 5.74) is 0.321. The first-order valence-corrected chi connectivity index (χ1v) is 6.51. The van der Waals surface area contributed by atoms with E-state index in [0.717, 1.165) is 17.7 Å². The monoisotopic (exact) mass is 297 g/mol. The van der Waals surface area contributed by atoms with Crippen molar-refractivity contribution in [2.75, 3.05) is 0 Å². The summed E-state index contributed by atoms with van der Waals surface area (Å²) in [6, 6.07) is 12.0. The van der Waals surface area contributed by atoms with Gasteiger partial charge in [0, 0.05) is 12.6 Å². The third-order valence-corrected chi connectivity index (χ3v) is 3.20. The lowest BCUT2D eigenvalue weighted by molar-refractivity contribution is -0.137. The Bertz CT molecular complexity index is 593. The fourth-order valence-electron chi connectivity index (χ4n) is 2.05. The van der Waals surface area contributed by atoms with E-state index in [-0.39, 0.29) is 18.2 Å². The first kappa shape index (κ1) is 15.5. The van der Waals surface area contributed by atoms with Gasteiger partial charge in [0.15, 0.2) is 0 Å². The van der Waals surface area contributed by atoms with Gasteiger partial charge in [-0.1, -0.05) is 30.3 Å². The van der Waals surface area contributed by atoms with Gasteiger partial charge in [-0.3, -0.25) is 0 Å². The van der Waals surface area contributed by atoms with E-state index >= 15 is 0 Å². The van der Waals surface area contributed by atoms with Gasteiger partial charge in [0.1, 0.15) is 5.82 Å². The Morgan fingerprint density at radius 3 is 2.33 bits per heavy atom. The highest BCUT2D eigenvalue weighted by Gasteiger charge is 2.31. The minimum absolute atomic E-state index is 0.0381. The summed E-state index contributed by atoms with van der Waals surface area (Å²) in [6.45, 7) is 2.07. The van der Waals surface area contributed by atoms with Gasteiger partial charge in [0.2, 0.25) is 0 Å². The predicted octanol–water partition coefficient (Wildman–Crippen LogP) is 4.70. The van der Waals surface area contributed by atoms with E-state index in [1.54, 1.807) is 0 Å². The van der Waals surface area contributed by atoms with E-state index in [1.807, 2.05) is 37.3 Å². The SMILES string of the molecule is C[C@@H](NCc1cc(F)cc(C(F)(F)F)c1)c1ccccc1. The molecule has 0 spiro atoms. The molecular weight excluding hydrogens is 282 g/mol. The van der Waals surface area contributed by atoms with Crippen molar-refractivity contribution >= 4 is 0 Å². The molecule has 0 heterocycles. The molecule has 1 N–H and O–H groups in total. The zero-order valence-corrected chi connectivity index (χ0v) is 11.4. The van der Waals surface area contributed by atoms with Crippen LogP contribution in [0.15, 0.2) is 48.5 Å². The van der Waals surface area contributed by atoms with Crippen molar-refractivity contribution < 1.29 is 17.6 Å². The average molecular weight is 297 g/mol. The molecular formula is C16H15F4N. The summed E-state index contributed by atoms with van der Waals surface area (Å²) in [4.78, 5) is 0. The van der Waals surface area contributed by atoms with Crippen LogP contribution in [0.4, 0.5) is 17.6 Å². The standard InChI is InChI=1S/C16H15F4N/c1-11(13-5-3-2-4-6-13)21-10-12-7-14(16(18,19)20)9-15(17)8-12/h2-9,11,21H,10H2,1H3/t11-/m1/s1. The van der Waals surface area contributed by atoms with Crippen LogP contribution in [0, 0.1) is 5.82 Å². The van der Waals surface area contributed by atoms with Crippen LogP contribution in [0.2, 0.25) is 0 Å². The Balaban J connectivity index is 2.08. The third-order valence-electron chi connectivity index (χ3n) is 3.20. The topological polar surface area (TPSA) is 12.0 Å². The number of benzene rings is 2. The van der Waals surface area contributed by atoms with Crippen LogP contribution in [0.25, 0.3) is 0 Å². The summed E-state index contributed by atoms with van der Waals surface area (Å²) >= 11 is 0. The molecule has 2 aromatic rings. The molecule has 21 heavy (non-hydrogen) atoms. The minimum Gasteiger partial charge on any atom is -0.306 e. The molecule has 0 aliphatic heterocycles. The summed E-state index contributed by atoms with van der Waals surface area (Å²) < 4.78 is 51.2. The molecule has 0 unspecified atom stereocenters. The normalized spacial score (nSPS) is 13.2. The van der Waals surface area contributed by atoms with Crippen molar-refractivity contribution in [1.82, 2.24) is 5.32 Å².